The van der Waals surface area contributed by atoms with Gasteiger partial charge < -0.3 is 5.73 Å². The van der Waals surface area contributed by atoms with Crippen LogP contribution in [-0.4, -0.2) is 29.0 Å². The summed E-state index contributed by atoms with van der Waals surface area (Å²) in [6, 6.07) is 0.378. The molecule has 0 bridgehead atoms. The summed E-state index contributed by atoms with van der Waals surface area (Å²) >= 11 is 4.99. The monoisotopic (exact) mass is 172 g/mol. The lowest BCUT2D eigenvalue weighted by atomic mass is 10.0. The smallest absolute Gasteiger partial charge is 0.0902 e. The highest BCUT2D eigenvalue weighted by Gasteiger charge is 2.22. The molecular formula is C8H16N2S. The third-order valence-electron chi connectivity index (χ3n) is 2.35. The maximum absolute atomic E-state index is 5.62. The van der Waals surface area contributed by atoms with Crippen molar-refractivity contribution in [1.29, 1.82) is 0 Å². The average Bonchev–Trinajstić information content (AvgIpc) is 2.04. The number of hydrogen-bond donors (Lipinski definition) is 1. The van der Waals surface area contributed by atoms with E-state index in [-0.39, 0.29) is 0 Å². The van der Waals surface area contributed by atoms with Crippen molar-refractivity contribution < 1.29 is 0 Å². The summed E-state index contributed by atoms with van der Waals surface area (Å²) in [5.74, 6) is 0. The van der Waals surface area contributed by atoms with E-state index in [4.69, 9.17) is 18.0 Å². The number of piperidine rings is 1. The molecule has 2 nitrogen and oxygen atoms in total. The van der Waals surface area contributed by atoms with Gasteiger partial charge in [0.05, 0.1) is 11.0 Å². The Labute approximate surface area is 73.7 Å². The number of likely N-dealkylation sites (N-methyl/N-ethyl adjacent to an activating group) is 1. The van der Waals surface area contributed by atoms with E-state index in [0.29, 0.717) is 11.0 Å². The summed E-state index contributed by atoms with van der Waals surface area (Å²) < 4.78 is 0. The highest BCUT2D eigenvalue weighted by Crippen LogP contribution is 2.16. The van der Waals surface area contributed by atoms with Crippen LogP contribution in [-0.2, 0) is 0 Å². The van der Waals surface area contributed by atoms with E-state index in [0.717, 1.165) is 13.0 Å². The van der Waals surface area contributed by atoms with Crippen molar-refractivity contribution in [3.63, 3.8) is 0 Å². The van der Waals surface area contributed by atoms with Crippen molar-refractivity contribution in [3.05, 3.63) is 0 Å². The first-order valence-electron chi connectivity index (χ1n) is 4.29. The van der Waals surface area contributed by atoms with Crippen molar-refractivity contribution in [2.24, 2.45) is 5.73 Å². The Morgan fingerprint density at radius 1 is 1.64 bits per heavy atom. The van der Waals surface area contributed by atoms with Gasteiger partial charge in [-0.15, -0.1) is 0 Å². The molecule has 1 saturated heterocycles. The standard InChI is InChI=1S/C8H16N2S/c1-2-10-6-4-3-5-7(10)8(9)11/h7H,2-6H2,1H3,(H2,9,11). The van der Waals surface area contributed by atoms with E-state index >= 15 is 0 Å². The highest BCUT2D eigenvalue weighted by atomic mass is 32.1. The van der Waals surface area contributed by atoms with Gasteiger partial charge in [-0.25, -0.2) is 0 Å². The molecule has 0 saturated carbocycles. The van der Waals surface area contributed by atoms with Crippen LogP contribution in [0.2, 0.25) is 0 Å². The van der Waals surface area contributed by atoms with Gasteiger partial charge in [0.1, 0.15) is 0 Å². The molecule has 1 rings (SSSR count). The van der Waals surface area contributed by atoms with Gasteiger partial charge in [0, 0.05) is 0 Å². The fourth-order valence-corrected chi connectivity index (χ4v) is 1.96. The molecule has 1 fully saturated rings. The van der Waals surface area contributed by atoms with Gasteiger partial charge >= 0.3 is 0 Å². The molecule has 64 valence electrons. The van der Waals surface area contributed by atoms with Crippen LogP contribution >= 0.6 is 12.2 Å². The number of thiocarbonyl (C=S) groups is 1. The molecule has 1 aliphatic rings. The second kappa shape index (κ2) is 4.02. The molecular weight excluding hydrogens is 156 g/mol. The lowest BCUT2D eigenvalue weighted by molar-refractivity contribution is 0.203. The second-order valence-corrected chi connectivity index (χ2v) is 3.51. The number of rotatable bonds is 2. The Kier molecular flexibility index (Phi) is 3.27. The molecule has 3 heteroatoms. The van der Waals surface area contributed by atoms with Gasteiger partial charge in [0.2, 0.25) is 0 Å². The Hall–Kier alpha value is -0.150. The Morgan fingerprint density at radius 3 is 2.82 bits per heavy atom. The molecule has 0 aromatic carbocycles. The summed E-state index contributed by atoms with van der Waals surface area (Å²) in [5, 5.41) is 0. The number of nitrogens with two attached hydrogens (primary N) is 1. The topological polar surface area (TPSA) is 29.3 Å². The quantitative estimate of drug-likeness (QED) is 0.634. The molecule has 1 aliphatic heterocycles. The molecule has 0 amide bonds. The number of nitrogens with zero attached hydrogens (tertiary/aromatic N) is 1. The first-order chi connectivity index (χ1) is 5.25. The minimum Gasteiger partial charge on any atom is -0.392 e. The van der Waals surface area contributed by atoms with Gasteiger partial charge in [0.15, 0.2) is 0 Å². The first-order valence-corrected chi connectivity index (χ1v) is 4.70. The number of hydrogen-bond acceptors (Lipinski definition) is 2. The van der Waals surface area contributed by atoms with E-state index in [9.17, 15) is 0 Å². The van der Waals surface area contributed by atoms with Crippen LogP contribution < -0.4 is 5.73 Å². The first kappa shape index (κ1) is 8.94. The Bertz CT molecular complexity index is 147. The Balaban J connectivity index is 2.51. The van der Waals surface area contributed by atoms with Gasteiger partial charge in [0.25, 0.3) is 0 Å². The van der Waals surface area contributed by atoms with Crippen LogP contribution in [0.4, 0.5) is 0 Å². The zero-order valence-electron chi connectivity index (χ0n) is 7.05. The average molecular weight is 172 g/mol. The summed E-state index contributed by atoms with van der Waals surface area (Å²) in [6.45, 7) is 4.40. The fraction of sp³-hybridized carbons (Fsp3) is 0.875. The molecule has 0 spiro atoms. The highest BCUT2D eigenvalue weighted by molar-refractivity contribution is 7.80. The lowest BCUT2D eigenvalue weighted by Crippen LogP contribution is -2.46. The van der Waals surface area contributed by atoms with Crippen molar-refractivity contribution in [3.8, 4) is 0 Å². The van der Waals surface area contributed by atoms with Crippen molar-refractivity contribution in [2.45, 2.75) is 32.2 Å². The zero-order chi connectivity index (χ0) is 8.27. The van der Waals surface area contributed by atoms with Crippen LogP contribution in [0.1, 0.15) is 26.2 Å². The van der Waals surface area contributed by atoms with Crippen LogP contribution in [0.5, 0.6) is 0 Å². The molecule has 2 N–H and O–H groups in total. The van der Waals surface area contributed by atoms with Crippen LogP contribution in [0.15, 0.2) is 0 Å². The lowest BCUT2D eigenvalue weighted by Gasteiger charge is -2.33. The molecule has 11 heavy (non-hydrogen) atoms. The third-order valence-corrected chi connectivity index (χ3v) is 2.62. The second-order valence-electron chi connectivity index (χ2n) is 3.04. The molecule has 0 aromatic rings. The van der Waals surface area contributed by atoms with Gasteiger partial charge in [-0.05, 0) is 25.9 Å². The van der Waals surface area contributed by atoms with E-state index in [1.165, 1.54) is 19.4 Å². The zero-order valence-corrected chi connectivity index (χ0v) is 7.86. The van der Waals surface area contributed by atoms with Crippen LogP contribution in [0.25, 0.3) is 0 Å². The van der Waals surface area contributed by atoms with Gasteiger partial charge in [-0.2, -0.15) is 0 Å². The minimum absolute atomic E-state index is 0.378. The van der Waals surface area contributed by atoms with Gasteiger partial charge in [-0.3, -0.25) is 4.90 Å². The minimum atomic E-state index is 0.378. The third kappa shape index (κ3) is 2.14. The summed E-state index contributed by atoms with van der Waals surface area (Å²) in [6.07, 6.45) is 3.73. The van der Waals surface area contributed by atoms with E-state index < -0.39 is 0 Å². The summed E-state index contributed by atoms with van der Waals surface area (Å²) in [5.41, 5.74) is 5.62. The van der Waals surface area contributed by atoms with Crippen molar-refractivity contribution >= 4 is 17.2 Å². The molecule has 1 heterocycles. The van der Waals surface area contributed by atoms with Gasteiger partial charge in [-0.1, -0.05) is 25.6 Å². The molecule has 0 aromatic heterocycles. The number of likely N-dealkylation sites (tertiary alicyclic amines) is 1. The molecule has 1 unspecified atom stereocenters. The largest absolute Gasteiger partial charge is 0.392 e. The Morgan fingerprint density at radius 2 is 2.36 bits per heavy atom. The predicted octanol–water partition coefficient (Wildman–Crippen LogP) is 1.15. The van der Waals surface area contributed by atoms with Crippen LogP contribution in [0, 0.1) is 0 Å². The summed E-state index contributed by atoms with van der Waals surface area (Å²) in [4.78, 5) is 3.04. The predicted molar refractivity (Wildman–Crippen MR) is 51.7 cm³/mol. The fourth-order valence-electron chi connectivity index (χ4n) is 1.69. The van der Waals surface area contributed by atoms with E-state index in [1.54, 1.807) is 0 Å². The maximum atomic E-state index is 5.62. The van der Waals surface area contributed by atoms with Crippen molar-refractivity contribution in [2.75, 3.05) is 13.1 Å². The SMILES string of the molecule is CCN1CCCCC1C(N)=S. The van der Waals surface area contributed by atoms with Crippen LogP contribution in [0.3, 0.4) is 0 Å². The van der Waals surface area contributed by atoms with E-state index in [2.05, 4.69) is 11.8 Å². The normalized spacial score (nSPS) is 26.8. The molecule has 0 radical (unpaired) electrons. The summed E-state index contributed by atoms with van der Waals surface area (Å²) in [7, 11) is 0. The molecule has 0 aliphatic carbocycles. The maximum Gasteiger partial charge on any atom is 0.0902 e. The van der Waals surface area contributed by atoms with Crippen molar-refractivity contribution in [1.82, 2.24) is 4.90 Å². The molecule has 1 atom stereocenters. The van der Waals surface area contributed by atoms with E-state index in [1.807, 2.05) is 0 Å².